The molecule has 0 N–H and O–H groups in total. The van der Waals surface area contributed by atoms with Gasteiger partial charge < -0.3 is 9.80 Å². The Balaban J connectivity index is 1.87. The first kappa shape index (κ1) is 23.6. The first-order chi connectivity index (χ1) is 14.6. The fraction of sp³-hybridized carbons (Fsp3) is 0.435. The molecular formula is C23H30ClN3O3S. The lowest BCUT2D eigenvalue weighted by Crippen LogP contribution is -2.33. The predicted octanol–water partition coefficient (Wildman–Crippen LogP) is 4.24. The number of rotatable bonds is 7. The maximum absolute atomic E-state index is 13.2. The van der Waals surface area contributed by atoms with Gasteiger partial charge in [0.2, 0.25) is 10.0 Å². The normalized spacial score (nSPS) is 14.5. The van der Waals surface area contributed by atoms with Crippen LogP contribution in [0.2, 0.25) is 5.02 Å². The summed E-state index contributed by atoms with van der Waals surface area (Å²) in [4.78, 5) is 17.2. The third-order valence-corrected chi connectivity index (χ3v) is 8.12. The van der Waals surface area contributed by atoms with Crippen molar-refractivity contribution in [3.05, 3.63) is 58.6 Å². The highest BCUT2D eigenvalue weighted by molar-refractivity contribution is 7.89. The van der Waals surface area contributed by atoms with E-state index >= 15 is 0 Å². The van der Waals surface area contributed by atoms with Crippen molar-refractivity contribution in [2.45, 2.75) is 44.2 Å². The van der Waals surface area contributed by atoms with Crippen molar-refractivity contribution in [1.82, 2.24) is 9.21 Å². The maximum Gasteiger partial charge on any atom is 0.255 e. The van der Waals surface area contributed by atoms with E-state index in [1.165, 1.54) is 42.4 Å². The Morgan fingerprint density at radius 2 is 1.74 bits per heavy atom. The summed E-state index contributed by atoms with van der Waals surface area (Å²) in [6, 6.07) is 12.2. The summed E-state index contributed by atoms with van der Waals surface area (Å²) < 4.78 is 27.0. The molecule has 31 heavy (non-hydrogen) atoms. The summed E-state index contributed by atoms with van der Waals surface area (Å²) in [5, 5.41) is 0.232. The maximum atomic E-state index is 13.2. The number of hydrogen-bond donors (Lipinski definition) is 0. The number of carbonyl (C=O) groups excluding carboxylic acids is 1. The molecule has 0 unspecified atom stereocenters. The monoisotopic (exact) mass is 463 g/mol. The van der Waals surface area contributed by atoms with E-state index in [0.717, 1.165) is 24.3 Å². The van der Waals surface area contributed by atoms with Gasteiger partial charge in [-0.15, -0.1) is 0 Å². The van der Waals surface area contributed by atoms with E-state index in [2.05, 4.69) is 11.0 Å². The Morgan fingerprint density at radius 1 is 1.10 bits per heavy atom. The highest BCUT2D eigenvalue weighted by atomic mass is 35.5. The largest absolute Gasteiger partial charge is 0.371 e. The summed E-state index contributed by atoms with van der Waals surface area (Å²) in [6.45, 7) is 6.04. The predicted molar refractivity (Wildman–Crippen MR) is 125 cm³/mol. The summed E-state index contributed by atoms with van der Waals surface area (Å²) in [6.07, 6.45) is 2.34. The van der Waals surface area contributed by atoms with E-state index in [9.17, 15) is 13.2 Å². The Morgan fingerprint density at radius 3 is 2.39 bits per heavy atom. The molecule has 0 saturated carbocycles. The average molecular weight is 464 g/mol. The molecule has 0 radical (unpaired) electrons. The molecule has 1 aliphatic rings. The minimum Gasteiger partial charge on any atom is -0.371 e. The van der Waals surface area contributed by atoms with Gasteiger partial charge in [-0.05, 0) is 56.5 Å². The van der Waals surface area contributed by atoms with E-state index < -0.39 is 10.0 Å². The Hall–Kier alpha value is -2.09. The van der Waals surface area contributed by atoms with Crippen molar-refractivity contribution in [2.24, 2.45) is 0 Å². The van der Waals surface area contributed by atoms with Crippen molar-refractivity contribution >= 4 is 33.2 Å². The fourth-order valence-electron chi connectivity index (χ4n) is 3.72. The van der Waals surface area contributed by atoms with Gasteiger partial charge in [-0.1, -0.05) is 29.8 Å². The number of nitrogens with zero attached hydrogens (tertiary/aromatic N) is 3. The van der Waals surface area contributed by atoms with Gasteiger partial charge in [0.1, 0.15) is 0 Å². The molecule has 2 aromatic carbocycles. The standard InChI is InChI=1S/C23H30ClN3O3S/c1-17(2)26(4)31(29,30)19-11-12-21(24)20(15-19)23(28)25(3)16-18-9-5-6-10-22(18)27-13-7-8-14-27/h5-6,9-12,15,17H,7-8,13-14,16H2,1-4H3. The highest BCUT2D eigenvalue weighted by Crippen LogP contribution is 2.28. The second-order valence-electron chi connectivity index (χ2n) is 8.24. The summed E-state index contributed by atoms with van der Waals surface area (Å²) in [7, 11) is -0.482. The molecule has 1 aliphatic heterocycles. The number of sulfonamides is 1. The first-order valence-corrected chi connectivity index (χ1v) is 12.3. The van der Waals surface area contributed by atoms with Gasteiger partial charge in [0, 0.05) is 45.5 Å². The number of halogens is 1. The molecule has 0 aliphatic carbocycles. The second-order valence-corrected chi connectivity index (χ2v) is 10.6. The number of benzene rings is 2. The van der Waals surface area contributed by atoms with Crippen molar-refractivity contribution < 1.29 is 13.2 Å². The minimum atomic E-state index is -3.72. The van der Waals surface area contributed by atoms with Crippen LogP contribution in [0.25, 0.3) is 0 Å². The quantitative estimate of drug-likeness (QED) is 0.616. The number of para-hydroxylation sites is 1. The lowest BCUT2D eigenvalue weighted by atomic mass is 10.1. The lowest BCUT2D eigenvalue weighted by molar-refractivity contribution is 0.0785. The van der Waals surface area contributed by atoms with Gasteiger partial charge in [-0.2, -0.15) is 4.31 Å². The molecule has 0 atom stereocenters. The van der Waals surface area contributed by atoms with E-state index in [0.29, 0.717) is 6.54 Å². The highest BCUT2D eigenvalue weighted by Gasteiger charge is 2.26. The Labute approximate surface area is 190 Å². The number of hydrogen-bond acceptors (Lipinski definition) is 4. The summed E-state index contributed by atoms with van der Waals surface area (Å²) >= 11 is 6.30. The molecule has 0 spiro atoms. The van der Waals surface area contributed by atoms with Gasteiger partial charge in [0.15, 0.2) is 0 Å². The third-order valence-electron chi connectivity index (χ3n) is 5.77. The Bertz CT molecular complexity index is 1050. The van der Waals surface area contributed by atoms with Crippen molar-refractivity contribution in [1.29, 1.82) is 0 Å². The molecule has 168 valence electrons. The van der Waals surface area contributed by atoms with Crippen LogP contribution in [0.15, 0.2) is 47.4 Å². The van der Waals surface area contributed by atoms with Crippen LogP contribution in [0.3, 0.4) is 0 Å². The first-order valence-electron chi connectivity index (χ1n) is 10.5. The van der Waals surface area contributed by atoms with Crippen LogP contribution in [-0.4, -0.2) is 56.8 Å². The molecule has 2 aromatic rings. The lowest BCUT2D eigenvalue weighted by Gasteiger charge is -2.25. The fourth-order valence-corrected chi connectivity index (χ4v) is 5.31. The molecule has 1 fully saturated rings. The third kappa shape index (κ3) is 5.05. The minimum absolute atomic E-state index is 0.0577. The van der Waals surface area contributed by atoms with E-state index in [1.54, 1.807) is 25.8 Å². The van der Waals surface area contributed by atoms with Crippen molar-refractivity contribution in [2.75, 3.05) is 32.1 Å². The van der Waals surface area contributed by atoms with Gasteiger partial charge in [-0.3, -0.25) is 4.79 Å². The number of amides is 1. The number of anilines is 1. The van der Waals surface area contributed by atoms with Gasteiger partial charge >= 0.3 is 0 Å². The van der Waals surface area contributed by atoms with Crippen LogP contribution in [0.5, 0.6) is 0 Å². The molecule has 8 heteroatoms. The molecule has 1 heterocycles. The van der Waals surface area contributed by atoms with E-state index in [1.807, 2.05) is 18.2 Å². The molecule has 1 saturated heterocycles. The van der Waals surface area contributed by atoms with E-state index in [4.69, 9.17) is 11.6 Å². The van der Waals surface area contributed by atoms with Crippen LogP contribution >= 0.6 is 11.6 Å². The van der Waals surface area contributed by atoms with Gasteiger partial charge in [-0.25, -0.2) is 8.42 Å². The number of carbonyl (C=O) groups is 1. The van der Waals surface area contributed by atoms with Crippen molar-refractivity contribution in [3.8, 4) is 0 Å². The second kappa shape index (κ2) is 9.59. The summed E-state index contributed by atoms with van der Waals surface area (Å²) in [5.41, 5.74) is 2.38. The molecule has 1 amide bonds. The summed E-state index contributed by atoms with van der Waals surface area (Å²) in [5.74, 6) is -0.314. The molecule has 6 nitrogen and oxygen atoms in total. The smallest absolute Gasteiger partial charge is 0.255 e. The molecule has 0 aromatic heterocycles. The molecular weight excluding hydrogens is 434 g/mol. The zero-order valence-electron chi connectivity index (χ0n) is 18.5. The van der Waals surface area contributed by atoms with E-state index in [-0.39, 0.29) is 27.4 Å². The Kier molecular flexibility index (Phi) is 7.29. The van der Waals surface area contributed by atoms with Gasteiger partial charge in [0.05, 0.1) is 15.5 Å². The van der Waals surface area contributed by atoms with Crippen LogP contribution in [0.1, 0.15) is 42.6 Å². The van der Waals surface area contributed by atoms with Crippen LogP contribution in [0, 0.1) is 0 Å². The molecule has 3 rings (SSSR count). The SMILES string of the molecule is CC(C)N(C)S(=O)(=O)c1ccc(Cl)c(C(=O)N(C)Cc2ccccc2N2CCCC2)c1. The van der Waals surface area contributed by atoms with Crippen LogP contribution in [-0.2, 0) is 16.6 Å². The average Bonchev–Trinajstić information content (AvgIpc) is 3.27. The van der Waals surface area contributed by atoms with Crippen LogP contribution < -0.4 is 4.90 Å². The van der Waals surface area contributed by atoms with Gasteiger partial charge in [0.25, 0.3) is 5.91 Å². The topological polar surface area (TPSA) is 60.9 Å². The van der Waals surface area contributed by atoms with Crippen LogP contribution in [0.4, 0.5) is 5.69 Å². The molecule has 0 bridgehead atoms. The zero-order chi connectivity index (χ0) is 22.8. The zero-order valence-corrected chi connectivity index (χ0v) is 20.1. The van der Waals surface area contributed by atoms with Crippen molar-refractivity contribution in [3.63, 3.8) is 0 Å².